The van der Waals surface area contributed by atoms with Crippen molar-refractivity contribution in [3.63, 3.8) is 0 Å². The van der Waals surface area contributed by atoms with E-state index in [0.29, 0.717) is 23.6 Å². The second-order valence-electron chi connectivity index (χ2n) is 9.23. The van der Waals surface area contributed by atoms with Gasteiger partial charge in [-0.15, -0.1) is 0 Å². The van der Waals surface area contributed by atoms with Crippen molar-refractivity contribution < 1.29 is 18.0 Å². The van der Waals surface area contributed by atoms with Gasteiger partial charge in [-0.05, 0) is 51.0 Å². The molecule has 8 heteroatoms. The maximum atomic E-state index is 14.2. The molecule has 1 fully saturated rings. The fraction of sp³-hybridized carbons (Fsp3) is 0.458. The lowest BCUT2D eigenvalue weighted by atomic mass is 9.88. The Morgan fingerprint density at radius 1 is 1.06 bits per heavy atom. The van der Waals surface area contributed by atoms with E-state index in [9.17, 15) is 18.0 Å². The quantitative estimate of drug-likeness (QED) is 0.523. The number of fused-ring (bicyclic) bond motifs is 4. The van der Waals surface area contributed by atoms with Crippen molar-refractivity contribution >= 4 is 11.6 Å². The molecule has 2 aliphatic rings. The fourth-order valence-electron chi connectivity index (χ4n) is 5.58. The van der Waals surface area contributed by atoms with E-state index in [1.165, 1.54) is 6.07 Å². The summed E-state index contributed by atoms with van der Waals surface area (Å²) in [5, 5.41) is 4.15. The molecule has 1 unspecified atom stereocenters. The van der Waals surface area contributed by atoms with Crippen LogP contribution < -0.4 is 0 Å². The van der Waals surface area contributed by atoms with Gasteiger partial charge in [0.2, 0.25) is 0 Å². The first kappa shape index (κ1) is 21.0. The van der Waals surface area contributed by atoms with Gasteiger partial charge in [0.25, 0.3) is 5.91 Å². The first-order valence-corrected chi connectivity index (χ1v) is 11.1. The van der Waals surface area contributed by atoms with Crippen LogP contribution in [0.2, 0.25) is 0 Å². The van der Waals surface area contributed by atoms with E-state index >= 15 is 0 Å². The fourth-order valence-corrected chi connectivity index (χ4v) is 5.58. The number of alkyl halides is 3. The number of hydrogen-bond donors (Lipinski definition) is 0. The Bertz CT molecular complexity index is 1200. The highest BCUT2D eigenvalue weighted by Gasteiger charge is 2.41. The molecule has 5 rings (SSSR count). The highest BCUT2D eigenvalue weighted by molar-refractivity contribution is 5.94. The van der Waals surface area contributed by atoms with E-state index in [0.717, 1.165) is 22.9 Å². The summed E-state index contributed by atoms with van der Waals surface area (Å²) in [4.78, 5) is 19.6. The highest BCUT2D eigenvalue weighted by atomic mass is 19.4. The minimum Gasteiger partial charge on any atom is -0.332 e. The largest absolute Gasteiger partial charge is 0.433 e. The maximum absolute atomic E-state index is 14.2. The molecular formula is C24H25F3N4O. The molecule has 3 aromatic rings. The molecule has 0 bridgehead atoms. The van der Waals surface area contributed by atoms with E-state index in [4.69, 9.17) is 0 Å². The molecule has 3 atom stereocenters. The molecule has 1 aromatic carbocycles. The monoisotopic (exact) mass is 442 g/mol. The third-order valence-electron chi connectivity index (χ3n) is 6.78. The third-order valence-corrected chi connectivity index (χ3v) is 6.78. The second kappa shape index (κ2) is 7.32. The van der Waals surface area contributed by atoms with Crippen molar-refractivity contribution in [3.8, 4) is 11.3 Å². The average molecular weight is 442 g/mol. The van der Waals surface area contributed by atoms with Crippen molar-refractivity contribution in [2.45, 2.75) is 64.7 Å². The lowest BCUT2D eigenvalue weighted by Crippen LogP contribution is -2.49. The Hall–Kier alpha value is -2.90. The predicted molar refractivity (Wildman–Crippen MR) is 114 cm³/mol. The van der Waals surface area contributed by atoms with Crippen LogP contribution in [-0.4, -0.2) is 37.5 Å². The van der Waals surface area contributed by atoms with Gasteiger partial charge >= 0.3 is 6.18 Å². The first-order chi connectivity index (χ1) is 15.1. The highest BCUT2D eigenvalue weighted by Crippen LogP contribution is 2.40. The van der Waals surface area contributed by atoms with Gasteiger partial charge in [0.15, 0.2) is 17.0 Å². The van der Waals surface area contributed by atoms with Crippen LogP contribution in [-0.2, 0) is 19.0 Å². The molecule has 1 amide bonds. The summed E-state index contributed by atoms with van der Waals surface area (Å²) < 4.78 is 43.5. The molecular weight excluding hydrogens is 417 g/mol. The van der Waals surface area contributed by atoms with E-state index in [1.54, 1.807) is 17.0 Å². The van der Waals surface area contributed by atoms with Gasteiger partial charge in [-0.3, -0.25) is 4.79 Å². The van der Waals surface area contributed by atoms with Crippen LogP contribution in [0, 0.1) is 5.92 Å². The second-order valence-corrected chi connectivity index (χ2v) is 9.23. The van der Waals surface area contributed by atoms with E-state index < -0.39 is 11.9 Å². The van der Waals surface area contributed by atoms with Crippen LogP contribution in [0.5, 0.6) is 0 Å². The molecule has 1 aliphatic carbocycles. The van der Waals surface area contributed by atoms with Gasteiger partial charge in [-0.2, -0.15) is 18.3 Å². The van der Waals surface area contributed by atoms with E-state index in [1.807, 2.05) is 26.0 Å². The van der Waals surface area contributed by atoms with Crippen molar-refractivity contribution in [3.05, 3.63) is 52.8 Å². The normalized spacial score (nSPS) is 23.2. The molecule has 168 valence electrons. The Balaban J connectivity index is 1.67. The van der Waals surface area contributed by atoms with Crippen LogP contribution in [0.25, 0.3) is 16.9 Å². The molecule has 2 aromatic heterocycles. The molecule has 0 radical (unpaired) electrons. The maximum Gasteiger partial charge on any atom is 0.433 e. The minimum absolute atomic E-state index is 0.00110. The third kappa shape index (κ3) is 3.27. The summed E-state index contributed by atoms with van der Waals surface area (Å²) >= 11 is 0. The smallest absolute Gasteiger partial charge is 0.332 e. The SMILES string of the molecule is CC1C[C@@H](C)N(C(=O)c2cc3nc4c(c(C(F)(F)F)n3n2)CCc2ccccc2-4)[C@@H](C)C1. The van der Waals surface area contributed by atoms with Crippen LogP contribution in [0.15, 0.2) is 30.3 Å². The number of nitrogens with zero attached hydrogens (tertiary/aromatic N) is 4. The molecule has 32 heavy (non-hydrogen) atoms. The number of amides is 1. The zero-order valence-electron chi connectivity index (χ0n) is 18.3. The number of benzene rings is 1. The summed E-state index contributed by atoms with van der Waals surface area (Å²) in [5.41, 5.74) is 1.38. The lowest BCUT2D eigenvalue weighted by molar-refractivity contribution is -0.143. The predicted octanol–water partition coefficient (Wildman–Crippen LogP) is 5.16. The summed E-state index contributed by atoms with van der Waals surface area (Å²) in [6, 6.07) is 8.80. The minimum atomic E-state index is -4.62. The van der Waals surface area contributed by atoms with Gasteiger partial charge in [0, 0.05) is 29.3 Å². The molecule has 1 saturated heterocycles. The number of piperidine rings is 1. The number of hydrogen-bond acceptors (Lipinski definition) is 3. The summed E-state index contributed by atoms with van der Waals surface area (Å²) in [7, 11) is 0. The molecule has 0 spiro atoms. The average Bonchev–Trinajstić information content (AvgIpc) is 3.13. The number of rotatable bonds is 1. The Kier molecular flexibility index (Phi) is 4.80. The van der Waals surface area contributed by atoms with Gasteiger partial charge in [-0.1, -0.05) is 31.2 Å². The van der Waals surface area contributed by atoms with E-state index in [-0.39, 0.29) is 41.3 Å². The van der Waals surface area contributed by atoms with Gasteiger partial charge < -0.3 is 4.90 Å². The summed E-state index contributed by atoms with van der Waals surface area (Å²) in [5.74, 6) is 0.157. The first-order valence-electron chi connectivity index (χ1n) is 11.1. The molecule has 3 heterocycles. The summed E-state index contributed by atoms with van der Waals surface area (Å²) in [6.07, 6.45) is -2.16. The van der Waals surface area contributed by atoms with Crippen LogP contribution >= 0.6 is 0 Å². The number of halogens is 3. The number of aromatic nitrogens is 3. The van der Waals surface area contributed by atoms with Crippen molar-refractivity contribution in [2.75, 3.05) is 0 Å². The van der Waals surface area contributed by atoms with Gasteiger partial charge in [0.1, 0.15) is 0 Å². The van der Waals surface area contributed by atoms with Crippen LogP contribution in [0.3, 0.4) is 0 Å². The number of aryl methyl sites for hydroxylation is 1. The molecule has 5 nitrogen and oxygen atoms in total. The standard InChI is InChI=1S/C24H25F3N4O/c1-13-10-14(2)30(15(3)11-13)23(32)19-12-20-28-21-17-7-5-4-6-16(17)8-9-18(21)22(24(25,26)27)31(20)29-19/h4-7,12-15H,8-11H2,1-3H3/t13?,14-,15+. The van der Waals surface area contributed by atoms with Crippen LogP contribution in [0.4, 0.5) is 13.2 Å². The zero-order valence-corrected chi connectivity index (χ0v) is 18.3. The Morgan fingerprint density at radius 2 is 1.75 bits per heavy atom. The van der Waals surface area contributed by atoms with Gasteiger partial charge in [0.05, 0.1) is 5.69 Å². The summed E-state index contributed by atoms with van der Waals surface area (Å²) in [6.45, 7) is 6.12. The van der Waals surface area contributed by atoms with Crippen molar-refractivity contribution in [2.24, 2.45) is 5.92 Å². The van der Waals surface area contributed by atoms with Crippen LogP contribution in [0.1, 0.15) is 60.9 Å². The topological polar surface area (TPSA) is 50.5 Å². The number of carbonyl (C=O) groups excluding carboxylic acids is 1. The zero-order chi connectivity index (χ0) is 22.8. The lowest BCUT2D eigenvalue weighted by Gasteiger charge is -2.41. The van der Waals surface area contributed by atoms with Gasteiger partial charge in [-0.25, -0.2) is 9.50 Å². The van der Waals surface area contributed by atoms with E-state index in [2.05, 4.69) is 17.0 Å². The molecule has 0 saturated carbocycles. The molecule has 0 N–H and O–H groups in total. The number of carbonyl (C=O) groups is 1. The number of likely N-dealkylation sites (tertiary alicyclic amines) is 1. The molecule has 1 aliphatic heterocycles. The Morgan fingerprint density at radius 3 is 2.44 bits per heavy atom. The van der Waals surface area contributed by atoms with Crippen molar-refractivity contribution in [1.29, 1.82) is 0 Å². The van der Waals surface area contributed by atoms with Crippen molar-refractivity contribution in [1.82, 2.24) is 19.5 Å². The Labute approximate surface area is 184 Å².